The molecule has 4 rings (SSSR count). The number of allylic oxidation sites excluding steroid dienone is 1. The Labute approximate surface area is 209 Å². The molecule has 190 valence electrons. The molecule has 0 saturated carbocycles. The summed E-state index contributed by atoms with van der Waals surface area (Å²) in [7, 11) is 1.34. The van der Waals surface area contributed by atoms with Gasteiger partial charge in [0.05, 0.1) is 23.7 Å². The van der Waals surface area contributed by atoms with Crippen LogP contribution in [0.1, 0.15) is 43.2 Å². The van der Waals surface area contributed by atoms with Gasteiger partial charge in [0, 0.05) is 12.5 Å². The molecule has 36 heavy (non-hydrogen) atoms. The predicted octanol–water partition coefficient (Wildman–Crippen LogP) is 4.37. The molecule has 2 unspecified atom stereocenters. The summed E-state index contributed by atoms with van der Waals surface area (Å²) in [4.78, 5) is 26.5. The normalized spacial score (nSPS) is 17.4. The van der Waals surface area contributed by atoms with Crippen molar-refractivity contribution in [2.24, 2.45) is 0 Å². The molecule has 0 saturated heterocycles. The molecule has 2 aromatic carbocycles. The number of halogens is 1. The highest BCUT2D eigenvalue weighted by molar-refractivity contribution is 5.98. The molecule has 1 aromatic heterocycles. The Morgan fingerprint density at radius 1 is 1.19 bits per heavy atom. The molecule has 1 amide bonds. The van der Waals surface area contributed by atoms with E-state index in [1.54, 1.807) is 32.9 Å². The monoisotopic (exact) mass is 494 g/mol. The van der Waals surface area contributed by atoms with E-state index in [4.69, 9.17) is 9.47 Å². The molecule has 0 aliphatic carbocycles. The highest BCUT2D eigenvalue weighted by Gasteiger charge is 2.27. The number of benzene rings is 2. The van der Waals surface area contributed by atoms with Crippen molar-refractivity contribution in [3.63, 3.8) is 0 Å². The summed E-state index contributed by atoms with van der Waals surface area (Å²) in [5.41, 5.74) is 2.40. The molecule has 8 heteroatoms. The molecule has 7 nitrogen and oxygen atoms in total. The first-order valence-electron chi connectivity index (χ1n) is 11.9. The lowest BCUT2D eigenvalue weighted by Gasteiger charge is -2.23. The fourth-order valence-corrected chi connectivity index (χ4v) is 4.51. The van der Waals surface area contributed by atoms with Crippen LogP contribution < -0.4 is 5.32 Å². The number of fused-ring (bicyclic) bond motifs is 5. The van der Waals surface area contributed by atoms with Gasteiger partial charge in [0.15, 0.2) is 6.29 Å². The van der Waals surface area contributed by atoms with E-state index < -0.39 is 29.8 Å². The molecule has 1 aliphatic heterocycles. The highest BCUT2D eigenvalue weighted by atomic mass is 19.1. The Kier molecular flexibility index (Phi) is 7.28. The van der Waals surface area contributed by atoms with Crippen LogP contribution in [0.5, 0.6) is 0 Å². The zero-order chi connectivity index (χ0) is 26.0. The van der Waals surface area contributed by atoms with Gasteiger partial charge in [0.2, 0.25) is 5.91 Å². The lowest BCUT2D eigenvalue weighted by molar-refractivity contribution is -0.129. The number of nitrogens with one attached hydrogen (secondary N) is 1. The van der Waals surface area contributed by atoms with Crippen LogP contribution in [0.25, 0.3) is 17.0 Å². The fourth-order valence-electron chi connectivity index (χ4n) is 4.51. The highest BCUT2D eigenvalue weighted by Crippen LogP contribution is 2.30. The average molecular weight is 495 g/mol. The summed E-state index contributed by atoms with van der Waals surface area (Å²) < 4.78 is 26.6. The van der Waals surface area contributed by atoms with Crippen LogP contribution in [0.15, 0.2) is 48.5 Å². The van der Waals surface area contributed by atoms with E-state index in [-0.39, 0.29) is 18.7 Å². The number of hydrogen-bond acceptors (Lipinski definition) is 5. The lowest BCUT2D eigenvalue weighted by atomic mass is 10.0. The minimum Gasteiger partial charge on any atom is -0.443 e. The summed E-state index contributed by atoms with van der Waals surface area (Å²) in [6.07, 6.45) is 2.31. The smallest absolute Gasteiger partial charge is 0.419 e. The first-order chi connectivity index (χ1) is 17.1. The molecule has 2 N–H and O–H groups in total. The Morgan fingerprint density at radius 2 is 1.92 bits per heavy atom. The largest absolute Gasteiger partial charge is 0.443 e. The molecule has 0 radical (unpaired) electrons. The summed E-state index contributed by atoms with van der Waals surface area (Å²) >= 11 is 0. The standard InChI is InChI=1S/C28H31FN2O5/c1-28(2,3)36-27(34)31-23-10-6-5-9-20(23)21-16-25(32)30-22(26(33)35-4)15-18-12-17(13-19(29)14-18)8-7-11-24(21)31/h5-7,9-14,22,26,33H,8,15-16H2,1-4H3,(H,30,32). The first-order valence-corrected chi connectivity index (χ1v) is 11.9. The summed E-state index contributed by atoms with van der Waals surface area (Å²) in [5.74, 6) is -0.778. The van der Waals surface area contributed by atoms with Gasteiger partial charge in [-0.25, -0.2) is 13.8 Å². The molecule has 1 aliphatic rings. The van der Waals surface area contributed by atoms with E-state index in [0.29, 0.717) is 28.8 Å². The van der Waals surface area contributed by atoms with E-state index in [9.17, 15) is 19.1 Å². The number of rotatable bonds is 2. The SMILES string of the molecule is COC(O)C1Cc2cc(F)cc(c2)CC=Cc2c(c3ccccc3n2C(=O)OC(C)(C)C)CC(=O)N1. The van der Waals surface area contributed by atoms with Crippen LogP contribution in [-0.2, 0) is 33.5 Å². The van der Waals surface area contributed by atoms with E-state index in [1.165, 1.54) is 23.8 Å². The van der Waals surface area contributed by atoms with E-state index >= 15 is 0 Å². The molecule has 0 fully saturated rings. The van der Waals surface area contributed by atoms with Gasteiger partial charge in [-0.3, -0.25) is 4.79 Å². The van der Waals surface area contributed by atoms with Gasteiger partial charge in [-0.2, -0.15) is 0 Å². The van der Waals surface area contributed by atoms with Crippen molar-refractivity contribution in [2.75, 3.05) is 7.11 Å². The van der Waals surface area contributed by atoms with Crippen LogP contribution >= 0.6 is 0 Å². The Morgan fingerprint density at radius 3 is 2.64 bits per heavy atom. The van der Waals surface area contributed by atoms with Crippen molar-refractivity contribution in [1.29, 1.82) is 0 Å². The summed E-state index contributed by atoms with van der Waals surface area (Å²) in [5, 5.41) is 14.0. The number of carbonyl (C=O) groups is 2. The van der Waals surface area contributed by atoms with Gasteiger partial charge in [0.1, 0.15) is 11.4 Å². The van der Waals surface area contributed by atoms with Crippen molar-refractivity contribution in [3.05, 3.63) is 76.7 Å². The van der Waals surface area contributed by atoms with Crippen LogP contribution in [0.2, 0.25) is 0 Å². The lowest BCUT2D eigenvalue weighted by Crippen LogP contribution is -2.46. The minimum absolute atomic E-state index is 0.0468. The third-order valence-corrected chi connectivity index (χ3v) is 5.97. The van der Waals surface area contributed by atoms with Crippen molar-refractivity contribution in [1.82, 2.24) is 9.88 Å². The van der Waals surface area contributed by atoms with Gasteiger partial charge >= 0.3 is 6.09 Å². The van der Waals surface area contributed by atoms with Gasteiger partial charge < -0.3 is 19.9 Å². The number of carbonyl (C=O) groups excluding carboxylic acids is 2. The van der Waals surface area contributed by atoms with E-state index in [2.05, 4.69) is 5.32 Å². The van der Waals surface area contributed by atoms with Gasteiger partial charge in [-0.15, -0.1) is 0 Å². The predicted molar refractivity (Wildman–Crippen MR) is 135 cm³/mol. The fraction of sp³-hybridized carbons (Fsp3) is 0.357. The first kappa shape index (κ1) is 25.6. The number of nitrogens with zero attached hydrogens (tertiary/aromatic N) is 1. The zero-order valence-electron chi connectivity index (χ0n) is 20.9. The number of ether oxygens (including phenoxy) is 2. The number of methoxy groups -OCH3 is 1. The van der Waals surface area contributed by atoms with Gasteiger partial charge in [-0.05, 0) is 74.6 Å². The van der Waals surface area contributed by atoms with Crippen LogP contribution in [0.4, 0.5) is 9.18 Å². The van der Waals surface area contributed by atoms with Crippen molar-refractivity contribution in [3.8, 4) is 0 Å². The molecule has 2 heterocycles. The third-order valence-electron chi connectivity index (χ3n) is 5.97. The maximum atomic E-state index is 14.4. The van der Waals surface area contributed by atoms with Crippen LogP contribution in [-0.4, -0.2) is 46.7 Å². The number of aliphatic hydroxyl groups is 1. The van der Waals surface area contributed by atoms with E-state index in [1.807, 2.05) is 30.3 Å². The van der Waals surface area contributed by atoms with E-state index in [0.717, 1.165) is 10.9 Å². The number of amides is 1. The molecular formula is C28H31FN2O5. The molecule has 2 bridgehead atoms. The Bertz CT molecular complexity index is 1320. The average Bonchev–Trinajstić information content (AvgIpc) is 3.09. The van der Waals surface area contributed by atoms with Crippen LogP contribution in [0.3, 0.4) is 0 Å². The zero-order valence-corrected chi connectivity index (χ0v) is 20.9. The van der Waals surface area contributed by atoms with Crippen molar-refractivity contribution < 1.29 is 28.6 Å². The molecule has 3 aromatic rings. The Hall–Kier alpha value is -3.49. The van der Waals surface area contributed by atoms with Crippen LogP contribution in [0, 0.1) is 5.82 Å². The summed E-state index contributed by atoms with van der Waals surface area (Å²) in [6, 6.07) is 11.2. The molecular weight excluding hydrogens is 463 g/mol. The number of hydrogen-bond donors (Lipinski definition) is 2. The number of para-hydroxylation sites is 1. The number of aliphatic hydroxyl groups excluding tert-OH is 1. The second-order valence-electron chi connectivity index (χ2n) is 9.95. The number of aromatic nitrogens is 1. The minimum atomic E-state index is -1.29. The van der Waals surface area contributed by atoms with Crippen molar-refractivity contribution >= 4 is 29.0 Å². The second kappa shape index (κ2) is 10.2. The maximum Gasteiger partial charge on any atom is 0.419 e. The molecule has 2 atom stereocenters. The second-order valence-corrected chi connectivity index (χ2v) is 9.95. The maximum absolute atomic E-state index is 14.4. The van der Waals surface area contributed by atoms with Gasteiger partial charge in [0.25, 0.3) is 0 Å². The summed E-state index contributed by atoms with van der Waals surface area (Å²) in [6.45, 7) is 5.37. The third kappa shape index (κ3) is 5.66. The topological polar surface area (TPSA) is 89.8 Å². The van der Waals surface area contributed by atoms with Gasteiger partial charge in [-0.1, -0.05) is 30.3 Å². The van der Waals surface area contributed by atoms with Crippen molar-refractivity contribution in [2.45, 2.75) is 58.0 Å². The Balaban J connectivity index is 1.88. The molecule has 0 spiro atoms. The quantitative estimate of drug-likeness (QED) is 0.517.